The van der Waals surface area contributed by atoms with Gasteiger partial charge in [-0.2, -0.15) is 0 Å². The molecule has 2 heterocycles. The summed E-state index contributed by atoms with van der Waals surface area (Å²) in [6, 6.07) is 29.5. The summed E-state index contributed by atoms with van der Waals surface area (Å²) in [5, 5.41) is 28.8. The molecule has 4 aromatic carbocycles. The number of rotatable bonds is 6. The Labute approximate surface area is 249 Å². The van der Waals surface area contributed by atoms with Gasteiger partial charge in [0.25, 0.3) is 23.2 Å². The average molecular weight is 587 g/mol. The van der Waals surface area contributed by atoms with Crippen LogP contribution >= 0.6 is 0 Å². The zero-order valence-electron chi connectivity index (χ0n) is 22.8. The number of hydrogen-bond acceptors (Lipinski definition) is 8. The van der Waals surface area contributed by atoms with Crippen molar-refractivity contribution < 1.29 is 19.4 Å². The Balaban J connectivity index is 0.000000175. The molecule has 2 N–H and O–H groups in total. The van der Waals surface area contributed by atoms with Gasteiger partial charge in [-0.15, -0.1) is 0 Å². The molecule has 0 spiro atoms. The number of carbonyl (C=O) groups excluding carboxylic acids is 2. The number of fused-ring (bicyclic) bond motifs is 2. The molecule has 0 aliphatic rings. The number of nitrogens with one attached hydrogen (secondary N) is 2. The van der Waals surface area contributed by atoms with Crippen LogP contribution in [-0.2, 0) is 0 Å². The van der Waals surface area contributed by atoms with Gasteiger partial charge in [0.1, 0.15) is 0 Å². The first kappa shape index (κ1) is 29.0. The Kier molecular flexibility index (Phi) is 8.52. The predicted molar refractivity (Wildman–Crippen MR) is 166 cm³/mol. The molecule has 0 unspecified atom stereocenters. The minimum Gasteiger partial charge on any atom is -0.320 e. The first-order valence-corrected chi connectivity index (χ1v) is 13.1. The minimum atomic E-state index is -0.531. The van der Waals surface area contributed by atoms with E-state index in [1.807, 2.05) is 48.5 Å². The maximum atomic E-state index is 12.3. The van der Waals surface area contributed by atoms with Crippen molar-refractivity contribution in [2.45, 2.75) is 0 Å². The molecule has 12 nitrogen and oxygen atoms in total. The minimum absolute atomic E-state index is 0.122. The van der Waals surface area contributed by atoms with Crippen LogP contribution in [-0.4, -0.2) is 31.6 Å². The number of carbonyl (C=O) groups is 2. The van der Waals surface area contributed by atoms with Crippen molar-refractivity contribution in [1.82, 2.24) is 9.97 Å². The van der Waals surface area contributed by atoms with E-state index < -0.39 is 21.7 Å². The quantitative estimate of drug-likeness (QED) is 0.159. The van der Waals surface area contributed by atoms with E-state index in [1.165, 1.54) is 48.5 Å². The van der Waals surface area contributed by atoms with E-state index in [2.05, 4.69) is 20.6 Å². The Hall–Kier alpha value is -6.56. The number of benzene rings is 4. The largest absolute Gasteiger partial charge is 0.320 e. The van der Waals surface area contributed by atoms with E-state index in [1.54, 1.807) is 24.5 Å². The maximum absolute atomic E-state index is 12.3. The topological polar surface area (TPSA) is 170 Å². The smallest absolute Gasteiger partial charge is 0.270 e. The average Bonchev–Trinajstić information content (AvgIpc) is 3.05. The summed E-state index contributed by atoms with van der Waals surface area (Å²) < 4.78 is 0. The van der Waals surface area contributed by atoms with Gasteiger partial charge in [-0.25, -0.2) is 0 Å². The van der Waals surface area contributed by atoms with Gasteiger partial charge in [0.2, 0.25) is 0 Å². The second-order valence-electron chi connectivity index (χ2n) is 9.28. The Morgan fingerprint density at radius 1 is 0.545 bits per heavy atom. The maximum Gasteiger partial charge on any atom is 0.270 e. The molecule has 6 rings (SSSR count). The van der Waals surface area contributed by atoms with E-state index in [0.717, 1.165) is 10.8 Å². The van der Waals surface area contributed by atoms with E-state index in [0.29, 0.717) is 22.4 Å². The monoisotopic (exact) mass is 586 g/mol. The van der Waals surface area contributed by atoms with Gasteiger partial charge in [-0.3, -0.25) is 39.8 Å². The van der Waals surface area contributed by atoms with Crippen molar-refractivity contribution in [2.75, 3.05) is 10.6 Å². The Morgan fingerprint density at radius 2 is 0.932 bits per heavy atom. The number of nitro groups is 2. The van der Waals surface area contributed by atoms with Crippen molar-refractivity contribution in [3.05, 3.63) is 153 Å². The highest BCUT2D eigenvalue weighted by Crippen LogP contribution is 2.23. The highest BCUT2D eigenvalue weighted by molar-refractivity contribution is 6.09. The van der Waals surface area contributed by atoms with Crippen LogP contribution < -0.4 is 10.6 Å². The van der Waals surface area contributed by atoms with Crippen LogP contribution in [0.1, 0.15) is 20.7 Å². The second kappa shape index (κ2) is 13.0. The van der Waals surface area contributed by atoms with Crippen molar-refractivity contribution in [3.63, 3.8) is 0 Å². The number of nitrogens with zero attached hydrogens (tertiary/aromatic N) is 4. The van der Waals surface area contributed by atoms with E-state index in [-0.39, 0.29) is 22.5 Å². The SMILES string of the molecule is O=C(Nc1cccc2cccnc12)c1cccc([N+](=O)[O-])c1.O=C(Nc1cccc2cccnc12)c1cccc([N+](=O)[O-])c1. The van der Waals surface area contributed by atoms with Gasteiger partial charge in [0, 0.05) is 58.6 Å². The van der Waals surface area contributed by atoms with Gasteiger partial charge < -0.3 is 10.6 Å². The second-order valence-corrected chi connectivity index (χ2v) is 9.28. The molecular formula is C32H22N6O6. The van der Waals surface area contributed by atoms with Gasteiger partial charge in [0.15, 0.2) is 0 Å². The number of aromatic nitrogens is 2. The van der Waals surface area contributed by atoms with Crippen LogP contribution in [0.2, 0.25) is 0 Å². The summed E-state index contributed by atoms with van der Waals surface area (Å²) in [5.74, 6) is -0.830. The van der Waals surface area contributed by atoms with Gasteiger partial charge in [-0.05, 0) is 36.4 Å². The zero-order valence-corrected chi connectivity index (χ0v) is 22.8. The summed E-state index contributed by atoms with van der Waals surface area (Å²) in [6.45, 7) is 0. The van der Waals surface area contributed by atoms with E-state index in [4.69, 9.17) is 0 Å². The molecule has 2 amide bonds. The van der Waals surface area contributed by atoms with Crippen molar-refractivity contribution in [3.8, 4) is 0 Å². The molecule has 12 heteroatoms. The third-order valence-electron chi connectivity index (χ3n) is 6.40. The number of pyridine rings is 2. The van der Waals surface area contributed by atoms with Crippen molar-refractivity contribution in [2.24, 2.45) is 0 Å². The molecule has 0 radical (unpaired) electrons. The number of hydrogen-bond donors (Lipinski definition) is 2. The first-order chi connectivity index (χ1) is 21.3. The van der Waals surface area contributed by atoms with Crippen LogP contribution in [0, 0.1) is 20.2 Å². The molecule has 0 bridgehead atoms. The molecule has 0 saturated carbocycles. The molecule has 0 saturated heterocycles. The van der Waals surface area contributed by atoms with Gasteiger partial charge >= 0.3 is 0 Å². The lowest BCUT2D eigenvalue weighted by Crippen LogP contribution is -2.12. The van der Waals surface area contributed by atoms with Crippen LogP contribution in [0.4, 0.5) is 22.7 Å². The molecule has 2 aromatic heterocycles. The number of amides is 2. The standard InChI is InChI=1S/2C16H11N3O3/c2*20-16(12-5-1-7-13(10-12)19(21)22)18-14-8-2-4-11-6-3-9-17-15(11)14/h2*1-10H,(H,18,20). The van der Waals surface area contributed by atoms with E-state index in [9.17, 15) is 29.8 Å². The molecule has 6 aromatic rings. The molecule has 216 valence electrons. The van der Waals surface area contributed by atoms with Crippen LogP contribution in [0.3, 0.4) is 0 Å². The highest BCUT2D eigenvalue weighted by Gasteiger charge is 2.14. The molecule has 0 atom stereocenters. The van der Waals surface area contributed by atoms with Crippen LogP contribution in [0.5, 0.6) is 0 Å². The number of nitro benzene ring substituents is 2. The fourth-order valence-electron chi connectivity index (χ4n) is 4.32. The summed E-state index contributed by atoms with van der Waals surface area (Å²) in [4.78, 5) is 53.5. The molecule has 0 fully saturated rings. The highest BCUT2D eigenvalue weighted by atomic mass is 16.6. The van der Waals surface area contributed by atoms with Crippen LogP contribution in [0.15, 0.2) is 122 Å². The van der Waals surface area contributed by atoms with E-state index >= 15 is 0 Å². The summed E-state index contributed by atoms with van der Waals surface area (Å²) in [5.41, 5.74) is 2.67. The first-order valence-electron chi connectivity index (χ1n) is 13.1. The number of anilines is 2. The third-order valence-corrected chi connectivity index (χ3v) is 6.40. The molecular weight excluding hydrogens is 564 g/mol. The fourth-order valence-corrected chi connectivity index (χ4v) is 4.32. The lowest BCUT2D eigenvalue weighted by molar-refractivity contribution is -0.385. The van der Waals surface area contributed by atoms with Crippen molar-refractivity contribution in [1.29, 1.82) is 0 Å². The van der Waals surface area contributed by atoms with Crippen molar-refractivity contribution >= 4 is 56.4 Å². The molecule has 0 aliphatic heterocycles. The lowest BCUT2D eigenvalue weighted by Gasteiger charge is -2.07. The molecule has 44 heavy (non-hydrogen) atoms. The summed E-state index contributed by atoms with van der Waals surface area (Å²) >= 11 is 0. The number of para-hydroxylation sites is 2. The number of non-ortho nitro benzene ring substituents is 2. The summed E-state index contributed by atoms with van der Waals surface area (Å²) in [7, 11) is 0. The fraction of sp³-hybridized carbons (Fsp3) is 0. The molecule has 0 aliphatic carbocycles. The normalized spacial score (nSPS) is 10.4. The third kappa shape index (κ3) is 6.66. The van der Waals surface area contributed by atoms with Crippen LogP contribution in [0.25, 0.3) is 21.8 Å². The summed E-state index contributed by atoms with van der Waals surface area (Å²) in [6.07, 6.45) is 3.29. The Morgan fingerprint density at radius 3 is 1.34 bits per heavy atom. The van der Waals surface area contributed by atoms with Gasteiger partial charge in [-0.1, -0.05) is 48.5 Å². The predicted octanol–water partition coefficient (Wildman–Crippen LogP) is 6.79. The Bertz CT molecular complexity index is 1890. The van der Waals surface area contributed by atoms with Gasteiger partial charge in [0.05, 0.1) is 32.3 Å². The zero-order chi connectivity index (χ0) is 31.1. The lowest BCUT2D eigenvalue weighted by atomic mass is 10.1.